The van der Waals surface area contributed by atoms with E-state index in [1.165, 1.54) is 6.07 Å². The summed E-state index contributed by atoms with van der Waals surface area (Å²) in [5.41, 5.74) is 2.98. The van der Waals surface area contributed by atoms with Crippen LogP contribution in [0.5, 0.6) is 0 Å². The number of nitrogens with zero attached hydrogens (tertiary/aromatic N) is 2. The average molecular weight is 302 g/mol. The van der Waals surface area contributed by atoms with E-state index in [0.29, 0.717) is 12.6 Å². The topological polar surface area (TPSA) is 44.0 Å². The van der Waals surface area contributed by atoms with Gasteiger partial charge in [-0.3, -0.25) is 4.90 Å². The third-order valence-corrected chi connectivity index (χ3v) is 4.35. The normalized spacial score (nSPS) is 19.5. The third kappa shape index (κ3) is 3.72. The van der Waals surface area contributed by atoms with Gasteiger partial charge in [0.25, 0.3) is 0 Å². The molecule has 1 aliphatic heterocycles. The summed E-state index contributed by atoms with van der Waals surface area (Å²) >= 11 is 0. The predicted octanol–water partition coefficient (Wildman–Crippen LogP) is 2.61. The van der Waals surface area contributed by atoms with Crippen molar-refractivity contribution in [1.29, 1.82) is 0 Å². The standard InChI is InChI=1S/C17H23FN4/c1-13-17(21-12-20-13)9-19-15-6-4-8-22(11-15)10-14-5-2-3-7-16(14)18/h2-3,5,7,12,15,19H,4,6,8-11H2,1H3,(H,20,21). The minimum Gasteiger partial charge on any atom is -0.348 e. The van der Waals surface area contributed by atoms with E-state index >= 15 is 0 Å². The van der Waals surface area contributed by atoms with Crippen molar-refractivity contribution in [2.24, 2.45) is 0 Å². The number of benzene rings is 1. The first-order chi connectivity index (χ1) is 10.7. The molecule has 5 heteroatoms. The van der Waals surface area contributed by atoms with Crippen molar-refractivity contribution in [1.82, 2.24) is 20.2 Å². The summed E-state index contributed by atoms with van der Waals surface area (Å²) < 4.78 is 13.8. The predicted molar refractivity (Wildman–Crippen MR) is 84.9 cm³/mol. The van der Waals surface area contributed by atoms with E-state index in [4.69, 9.17) is 0 Å². The van der Waals surface area contributed by atoms with Crippen LogP contribution in [-0.2, 0) is 13.1 Å². The Bertz CT molecular complexity index is 610. The minimum atomic E-state index is -0.107. The molecule has 1 aliphatic rings. The average Bonchev–Trinajstić information content (AvgIpc) is 2.93. The fourth-order valence-corrected chi connectivity index (χ4v) is 3.04. The Morgan fingerprint density at radius 1 is 1.41 bits per heavy atom. The van der Waals surface area contributed by atoms with Crippen molar-refractivity contribution < 1.29 is 4.39 Å². The number of nitrogens with one attached hydrogen (secondary N) is 2. The Morgan fingerprint density at radius 3 is 3.05 bits per heavy atom. The van der Waals surface area contributed by atoms with Gasteiger partial charge in [0.05, 0.1) is 12.0 Å². The zero-order valence-electron chi connectivity index (χ0n) is 13.0. The molecule has 2 N–H and O–H groups in total. The lowest BCUT2D eigenvalue weighted by molar-refractivity contribution is 0.180. The summed E-state index contributed by atoms with van der Waals surface area (Å²) in [6, 6.07) is 7.50. The maximum Gasteiger partial charge on any atom is 0.127 e. The number of aryl methyl sites for hydroxylation is 1. The smallest absolute Gasteiger partial charge is 0.127 e. The third-order valence-electron chi connectivity index (χ3n) is 4.35. The summed E-state index contributed by atoms with van der Waals surface area (Å²) in [6.45, 7) is 5.50. The number of H-pyrrole nitrogens is 1. The van der Waals surface area contributed by atoms with Gasteiger partial charge in [-0.05, 0) is 32.4 Å². The minimum absolute atomic E-state index is 0.107. The number of aromatic nitrogens is 2. The van der Waals surface area contributed by atoms with Crippen LogP contribution in [0.25, 0.3) is 0 Å². The first kappa shape index (κ1) is 15.2. The largest absolute Gasteiger partial charge is 0.348 e. The summed E-state index contributed by atoms with van der Waals surface area (Å²) in [4.78, 5) is 9.75. The second-order valence-corrected chi connectivity index (χ2v) is 6.02. The first-order valence-corrected chi connectivity index (χ1v) is 7.90. The molecule has 1 fully saturated rings. The molecule has 0 radical (unpaired) electrons. The molecule has 1 saturated heterocycles. The number of hydrogen-bond donors (Lipinski definition) is 2. The van der Waals surface area contributed by atoms with Crippen LogP contribution in [0.2, 0.25) is 0 Å². The summed E-state index contributed by atoms with van der Waals surface area (Å²) in [5, 5.41) is 3.58. The lowest BCUT2D eigenvalue weighted by Gasteiger charge is -2.33. The highest BCUT2D eigenvalue weighted by Gasteiger charge is 2.20. The molecule has 1 aromatic heterocycles. The van der Waals surface area contributed by atoms with Crippen LogP contribution < -0.4 is 5.32 Å². The number of likely N-dealkylation sites (tertiary alicyclic amines) is 1. The zero-order chi connectivity index (χ0) is 15.4. The van der Waals surface area contributed by atoms with E-state index in [0.717, 1.165) is 49.4 Å². The van der Waals surface area contributed by atoms with Crippen LogP contribution in [0.1, 0.15) is 29.8 Å². The fourth-order valence-electron chi connectivity index (χ4n) is 3.04. The number of halogens is 1. The van der Waals surface area contributed by atoms with Gasteiger partial charge in [-0.1, -0.05) is 18.2 Å². The Kier molecular flexibility index (Phi) is 4.85. The maximum atomic E-state index is 13.8. The molecular weight excluding hydrogens is 279 g/mol. The summed E-state index contributed by atoms with van der Waals surface area (Å²) in [6.07, 6.45) is 4.04. The van der Waals surface area contributed by atoms with Crippen molar-refractivity contribution in [3.05, 3.63) is 53.4 Å². The van der Waals surface area contributed by atoms with Gasteiger partial charge in [0.2, 0.25) is 0 Å². The SMILES string of the molecule is Cc1[nH]cnc1CNC1CCCN(Cc2ccccc2F)C1. The number of piperidine rings is 1. The molecule has 0 bridgehead atoms. The molecular formula is C17H23FN4. The number of rotatable bonds is 5. The van der Waals surface area contributed by atoms with Gasteiger partial charge in [-0.15, -0.1) is 0 Å². The molecule has 1 aromatic carbocycles. The van der Waals surface area contributed by atoms with Crippen molar-refractivity contribution in [3.8, 4) is 0 Å². The molecule has 22 heavy (non-hydrogen) atoms. The van der Waals surface area contributed by atoms with Gasteiger partial charge in [0.1, 0.15) is 5.82 Å². The van der Waals surface area contributed by atoms with Crippen LogP contribution in [0, 0.1) is 12.7 Å². The Balaban J connectivity index is 1.53. The van der Waals surface area contributed by atoms with Gasteiger partial charge in [0.15, 0.2) is 0 Å². The number of hydrogen-bond acceptors (Lipinski definition) is 3. The highest BCUT2D eigenvalue weighted by molar-refractivity contribution is 5.17. The molecule has 0 aliphatic carbocycles. The van der Waals surface area contributed by atoms with E-state index in [9.17, 15) is 4.39 Å². The van der Waals surface area contributed by atoms with Crippen LogP contribution >= 0.6 is 0 Å². The maximum absolute atomic E-state index is 13.8. The summed E-state index contributed by atoms with van der Waals surface area (Å²) in [5.74, 6) is -0.107. The Morgan fingerprint density at radius 2 is 2.27 bits per heavy atom. The molecule has 0 saturated carbocycles. The molecule has 4 nitrogen and oxygen atoms in total. The molecule has 0 amide bonds. The highest BCUT2D eigenvalue weighted by Crippen LogP contribution is 2.16. The van der Waals surface area contributed by atoms with E-state index < -0.39 is 0 Å². The molecule has 118 valence electrons. The van der Waals surface area contributed by atoms with Crippen LogP contribution in [-0.4, -0.2) is 34.0 Å². The molecule has 0 spiro atoms. The van der Waals surface area contributed by atoms with Gasteiger partial charge < -0.3 is 10.3 Å². The van der Waals surface area contributed by atoms with Crippen molar-refractivity contribution in [2.45, 2.75) is 38.9 Å². The molecule has 3 rings (SSSR count). The Labute approximate surface area is 130 Å². The van der Waals surface area contributed by atoms with Crippen LogP contribution in [0.15, 0.2) is 30.6 Å². The monoisotopic (exact) mass is 302 g/mol. The van der Waals surface area contributed by atoms with E-state index in [-0.39, 0.29) is 5.82 Å². The highest BCUT2D eigenvalue weighted by atomic mass is 19.1. The Hall–Kier alpha value is -1.72. The number of imidazole rings is 1. The lowest BCUT2D eigenvalue weighted by Crippen LogP contribution is -2.45. The van der Waals surface area contributed by atoms with Crippen molar-refractivity contribution >= 4 is 0 Å². The second-order valence-electron chi connectivity index (χ2n) is 6.02. The fraction of sp³-hybridized carbons (Fsp3) is 0.471. The van der Waals surface area contributed by atoms with Gasteiger partial charge in [-0.25, -0.2) is 9.37 Å². The lowest BCUT2D eigenvalue weighted by atomic mass is 10.0. The van der Waals surface area contributed by atoms with Crippen LogP contribution in [0.4, 0.5) is 4.39 Å². The van der Waals surface area contributed by atoms with Crippen molar-refractivity contribution in [2.75, 3.05) is 13.1 Å². The second kappa shape index (κ2) is 7.03. The van der Waals surface area contributed by atoms with Gasteiger partial charge in [0, 0.05) is 36.9 Å². The number of aromatic amines is 1. The van der Waals surface area contributed by atoms with E-state index in [1.807, 2.05) is 19.1 Å². The molecule has 1 atom stereocenters. The van der Waals surface area contributed by atoms with Gasteiger partial charge in [-0.2, -0.15) is 0 Å². The molecule has 1 unspecified atom stereocenters. The van der Waals surface area contributed by atoms with Crippen molar-refractivity contribution in [3.63, 3.8) is 0 Å². The van der Waals surface area contributed by atoms with E-state index in [2.05, 4.69) is 20.2 Å². The van der Waals surface area contributed by atoms with Gasteiger partial charge >= 0.3 is 0 Å². The zero-order valence-corrected chi connectivity index (χ0v) is 13.0. The van der Waals surface area contributed by atoms with E-state index in [1.54, 1.807) is 12.4 Å². The van der Waals surface area contributed by atoms with Crippen LogP contribution in [0.3, 0.4) is 0 Å². The summed E-state index contributed by atoms with van der Waals surface area (Å²) in [7, 11) is 0. The molecule has 2 aromatic rings. The molecule has 2 heterocycles. The quantitative estimate of drug-likeness (QED) is 0.892. The first-order valence-electron chi connectivity index (χ1n) is 7.90.